The zero-order chi connectivity index (χ0) is 37.9. The number of carbonyl (C=O) groups is 1. The summed E-state index contributed by atoms with van der Waals surface area (Å²) in [6, 6.07) is 0. The Hall–Kier alpha value is -3.49. The molecule has 0 saturated carbocycles. The summed E-state index contributed by atoms with van der Waals surface area (Å²) in [5.41, 5.74) is 1.71. The predicted molar refractivity (Wildman–Crippen MR) is 183 cm³/mol. The molecule has 1 aliphatic carbocycles. The van der Waals surface area contributed by atoms with Crippen LogP contribution in [0, 0.1) is 0 Å². The van der Waals surface area contributed by atoms with Crippen LogP contribution in [0.2, 0.25) is 0 Å². The van der Waals surface area contributed by atoms with Crippen molar-refractivity contribution in [1.29, 1.82) is 0 Å². The molecule has 0 aromatic carbocycles. The average molecular weight is 797 g/mol. The van der Waals surface area contributed by atoms with E-state index in [9.17, 15) is 23.8 Å². The standard InChI is InChI=1S/C31H39FN8O12P2/c1-53(45)47-11-18-24(43)26(31(49-18)40-15-36-23-28(40)37-14-38(29(23)44)8-7-33-20(42)10-41)52-54(2,46)48-12-19-25(51-53)22(32)30(50-19)39-9-16-5-3-4-6-17-21(16)27(39)35-13-34-17/h9,13-15,18-19,22,24-26,30-31,41,43H,3-8,10-12H2,1-2H3,(H,33,42)/t18-,19-,22-,24-,25-,26-,30-,31-,53?,54?/m1/s1. The lowest BCUT2D eigenvalue weighted by atomic mass is 10.1. The Morgan fingerprint density at radius 3 is 2.44 bits per heavy atom. The number of fused-ring (bicyclic) bond motifs is 4. The van der Waals surface area contributed by atoms with E-state index in [0.717, 1.165) is 49.0 Å². The summed E-state index contributed by atoms with van der Waals surface area (Å²) in [5, 5.41) is 23.6. The van der Waals surface area contributed by atoms with Gasteiger partial charge in [0.05, 0.1) is 25.2 Å². The first-order valence-electron chi connectivity index (χ1n) is 17.4. The van der Waals surface area contributed by atoms with E-state index in [1.54, 1.807) is 10.8 Å². The molecule has 23 heteroatoms. The molecule has 3 aliphatic heterocycles. The zero-order valence-corrected chi connectivity index (χ0v) is 31.0. The van der Waals surface area contributed by atoms with Gasteiger partial charge in [-0.05, 0) is 31.2 Å². The molecule has 3 saturated heterocycles. The Balaban J connectivity index is 1.06. The Morgan fingerprint density at radius 2 is 1.67 bits per heavy atom. The van der Waals surface area contributed by atoms with E-state index in [1.165, 1.54) is 34.8 Å². The van der Waals surface area contributed by atoms with E-state index in [-0.39, 0.29) is 24.3 Å². The molecular formula is C31H39FN8O12P2. The smallest absolute Gasteiger partial charge is 0.328 e. The van der Waals surface area contributed by atoms with Crippen molar-refractivity contribution in [2.45, 2.75) is 81.4 Å². The van der Waals surface area contributed by atoms with E-state index < -0.39 is 95.6 Å². The number of hydrogen-bond donors (Lipinski definition) is 3. The number of amides is 1. The van der Waals surface area contributed by atoms with Gasteiger partial charge in [-0.2, -0.15) is 0 Å². The van der Waals surface area contributed by atoms with E-state index >= 15 is 4.39 Å². The molecule has 20 nitrogen and oxygen atoms in total. The molecule has 2 unspecified atom stereocenters. The van der Waals surface area contributed by atoms with Crippen LogP contribution in [0.4, 0.5) is 4.39 Å². The molecule has 0 spiro atoms. The van der Waals surface area contributed by atoms with Crippen LogP contribution in [0.15, 0.2) is 30.0 Å². The van der Waals surface area contributed by atoms with Crippen LogP contribution in [-0.4, -0.2) is 126 Å². The summed E-state index contributed by atoms with van der Waals surface area (Å²) in [6.45, 7) is 0.663. The van der Waals surface area contributed by atoms with Gasteiger partial charge in [0.15, 0.2) is 29.8 Å². The lowest BCUT2D eigenvalue weighted by molar-refractivity contribution is -0.123. The van der Waals surface area contributed by atoms with Gasteiger partial charge in [-0.1, -0.05) is 0 Å². The highest BCUT2D eigenvalue weighted by Crippen LogP contribution is 2.54. The summed E-state index contributed by atoms with van der Waals surface area (Å²) in [7, 11) is -8.22. The minimum atomic E-state index is -4.12. The molecule has 3 N–H and O–H groups in total. The molecule has 2 bridgehead atoms. The lowest BCUT2D eigenvalue weighted by Crippen LogP contribution is -2.35. The Bertz CT molecular complexity index is 2230. The Morgan fingerprint density at radius 1 is 0.944 bits per heavy atom. The zero-order valence-electron chi connectivity index (χ0n) is 29.2. The molecule has 8 rings (SSSR count). The van der Waals surface area contributed by atoms with E-state index in [2.05, 4.69) is 25.3 Å². The van der Waals surface area contributed by atoms with E-state index in [4.69, 9.17) is 32.7 Å². The number of rotatable bonds is 6. The number of aryl methyl sites for hydroxylation is 2. The third-order valence-electron chi connectivity index (χ3n) is 9.95. The van der Waals surface area contributed by atoms with Crippen LogP contribution >= 0.6 is 15.2 Å². The number of nitrogens with zero attached hydrogens (tertiary/aromatic N) is 7. The number of aromatic nitrogens is 7. The normalized spacial score (nSPS) is 34.5. The van der Waals surface area contributed by atoms with Crippen molar-refractivity contribution in [1.82, 2.24) is 39.0 Å². The number of alkyl halides is 1. The van der Waals surface area contributed by atoms with Gasteiger partial charge in [0.2, 0.25) is 5.91 Å². The second-order valence-corrected chi connectivity index (χ2v) is 17.7. The first kappa shape index (κ1) is 37.4. The fourth-order valence-corrected chi connectivity index (χ4v) is 9.69. The molecule has 0 radical (unpaired) electrons. The van der Waals surface area contributed by atoms with Crippen LogP contribution in [0.5, 0.6) is 0 Å². The van der Waals surface area contributed by atoms with E-state index in [1.807, 2.05) is 0 Å². The first-order chi connectivity index (χ1) is 25.8. The van der Waals surface area contributed by atoms with Crippen molar-refractivity contribution in [2.24, 2.45) is 0 Å². The Kier molecular flexibility index (Phi) is 10.1. The number of hydrogen-bond acceptors (Lipinski definition) is 16. The third-order valence-corrected chi connectivity index (χ3v) is 12.4. The van der Waals surface area contributed by atoms with Crippen LogP contribution in [0.1, 0.15) is 36.6 Å². The van der Waals surface area contributed by atoms with Crippen LogP contribution in [0.25, 0.3) is 22.2 Å². The molecular weight excluding hydrogens is 757 g/mol. The lowest BCUT2D eigenvalue weighted by Gasteiger charge is -2.27. The quantitative estimate of drug-likeness (QED) is 0.230. The minimum absolute atomic E-state index is 0.0341. The maximum absolute atomic E-state index is 16.5. The van der Waals surface area contributed by atoms with Crippen molar-refractivity contribution in [3.63, 3.8) is 0 Å². The first-order valence-corrected chi connectivity index (χ1v) is 21.4. The molecule has 1 amide bonds. The molecule has 4 aromatic rings. The van der Waals surface area contributed by atoms with Gasteiger partial charge in [0.25, 0.3) is 5.56 Å². The molecule has 3 fully saturated rings. The summed E-state index contributed by atoms with van der Waals surface area (Å²) in [6.07, 6.45) is -2.30. The van der Waals surface area contributed by atoms with Gasteiger partial charge in [-0.3, -0.25) is 36.9 Å². The summed E-state index contributed by atoms with van der Waals surface area (Å²) < 4.78 is 83.8. The minimum Gasteiger partial charge on any atom is -0.387 e. The second kappa shape index (κ2) is 14.5. The van der Waals surface area contributed by atoms with Crippen molar-refractivity contribution in [2.75, 3.05) is 39.7 Å². The number of imidazole rings is 1. The Labute approximate surface area is 306 Å². The van der Waals surface area contributed by atoms with Crippen molar-refractivity contribution in [3.8, 4) is 0 Å². The molecule has 4 aromatic heterocycles. The largest absolute Gasteiger partial charge is 0.387 e. The summed E-state index contributed by atoms with van der Waals surface area (Å²) in [5.74, 6) is -0.609. The van der Waals surface area contributed by atoms with Gasteiger partial charge in [-0.15, -0.1) is 0 Å². The monoisotopic (exact) mass is 796 g/mol. The number of ether oxygens (including phenoxy) is 2. The molecule has 4 aliphatic rings. The maximum atomic E-state index is 16.5. The average Bonchev–Trinajstić information content (AvgIpc) is 3.85. The van der Waals surface area contributed by atoms with Gasteiger partial charge in [0.1, 0.15) is 55.4 Å². The van der Waals surface area contributed by atoms with E-state index in [0.29, 0.717) is 5.65 Å². The molecule has 10 atom stereocenters. The van der Waals surface area contributed by atoms with Gasteiger partial charge >= 0.3 is 15.2 Å². The number of aliphatic hydroxyl groups excluding tert-OH is 2. The highest BCUT2D eigenvalue weighted by molar-refractivity contribution is 7.53. The van der Waals surface area contributed by atoms with Crippen LogP contribution < -0.4 is 10.9 Å². The van der Waals surface area contributed by atoms with Crippen LogP contribution in [-0.2, 0) is 60.9 Å². The van der Waals surface area contributed by atoms with Crippen molar-refractivity contribution in [3.05, 3.63) is 46.8 Å². The highest BCUT2D eigenvalue weighted by Gasteiger charge is 2.53. The van der Waals surface area contributed by atoms with Crippen molar-refractivity contribution >= 4 is 43.3 Å². The molecule has 7 heterocycles. The van der Waals surface area contributed by atoms with Gasteiger partial charge in [0, 0.05) is 38.0 Å². The molecule has 292 valence electrons. The topological polar surface area (TPSA) is 242 Å². The maximum Gasteiger partial charge on any atom is 0.328 e. The third kappa shape index (κ3) is 6.95. The number of carbonyl (C=O) groups excluding carboxylic acids is 1. The van der Waals surface area contributed by atoms with Gasteiger partial charge < -0.3 is 38.6 Å². The fourth-order valence-electron chi connectivity index (χ4n) is 7.37. The fraction of sp³-hybridized carbons (Fsp3) is 0.613. The summed E-state index contributed by atoms with van der Waals surface area (Å²) >= 11 is 0. The van der Waals surface area contributed by atoms with Gasteiger partial charge in [-0.25, -0.2) is 24.3 Å². The highest BCUT2D eigenvalue weighted by atomic mass is 31.2. The molecule has 54 heavy (non-hydrogen) atoms. The number of aliphatic hydroxyl groups is 2. The SMILES string of the molecule is CP1(=O)OC[C@H]2O[C@@H](n3cc4c5c(ncnc53)CCCC4)[C@H](F)[C@@H]2OP(C)(=O)OC[C@H]2O[C@@H](n3cnc4c(=O)n(CCNC(=O)CO)cnc43)[C@H](O1)[C@@H]2O. The number of halogens is 1. The van der Waals surface area contributed by atoms with Crippen LogP contribution in [0.3, 0.4) is 0 Å². The summed E-state index contributed by atoms with van der Waals surface area (Å²) in [4.78, 5) is 42.0. The van der Waals surface area contributed by atoms with Crippen molar-refractivity contribution < 1.29 is 56.1 Å². The second-order valence-electron chi connectivity index (χ2n) is 13.7. The predicted octanol–water partition coefficient (Wildman–Crippen LogP) is 0.982. The number of nitrogens with one attached hydrogen (secondary N) is 1.